The van der Waals surface area contributed by atoms with Gasteiger partial charge in [0, 0.05) is 18.1 Å². The monoisotopic (exact) mass is 441 g/mol. The Morgan fingerprint density at radius 1 is 1.17 bits per heavy atom. The van der Waals surface area contributed by atoms with Crippen LogP contribution in [0.15, 0.2) is 30.3 Å². The van der Waals surface area contributed by atoms with Gasteiger partial charge in [0.15, 0.2) is 5.75 Å². The van der Waals surface area contributed by atoms with Gasteiger partial charge in [-0.2, -0.15) is 0 Å². The lowest BCUT2D eigenvalue weighted by atomic mass is 9.78. The maximum absolute atomic E-state index is 12.0. The fourth-order valence-electron chi connectivity index (χ4n) is 4.17. The van der Waals surface area contributed by atoms with E-state index in [1.165, 1.54) is 6.92 Å². The highest BCUT2D eigenvalue weighted by molar-refractivity contribution is 7.80. The largest absolute Gasteiger partial charge is 0.495 e. The highest BCUT2D eigenvalue weighted by Crippen LogP contribution is 2.51. The summed E-state index contributed by atoms with van der Waals surface area (Å²) in [4.78, 5) is 12.6. The van der Waals surface area contributed by atoms with Crippen LogP contribution in [0.4, 0.5) is 0 Å². The average molecular weight is 442 g/mol. The molecule has 0 unspecified atom stereocenters. The third-order valence-electron chi connectivity index (χ3n) is 5.85. The van der Waals surface area contributed by atoms with Gasteiger partial charge in [-0.15, -0.1) is 0 Å². The number of nitrogens with zero attached hydrogens (tertiary/aromatic N) is 1. The Morgan fingerprint density at radius 2 is 1.83 bits per heavy atom. The Kier molecular flexibility index (Phi) is 5.60. The molecule has 0 N–H and O–H groups in total. The molecular formula is C24H24ClNO3S. The number of benzene rings is 2. The number of ether oxygens (including phenoxy) is 2. The first-order valence-electron chi connectivity index (χ1n) is 10.0. The number of carbonyl (C=O) groups is 1. The molecule has 6 heteroatoms. The minimum absolute atomic E-state index is 0.318. The molecule has 156 valence electrons. The number of rotatable bonds is 4. The van der Waals surface area contributed by atoms with Crippen molar-refractivity contribution < 1.29 is 14.3 Å². The molecule has 1 aromatic heterocycles. The van der Waals surface area contributed by atoms with Crippen molar-refractivity contribution in [2.75, 3.05) is 7.11 Å². The zero-order chi connectivity index (χ0) is 21.6. The van der Waals surface area contributed by atoms with Gasteiger partial charge < -0.3 is 14.0 Å². The Balaban J connectivity index is 2.05. The van der Waals surface area contributed by atoms with E-state index in [9.17, 15) is 4.79 Å². The van der Waals surface area contributed by atoms with Gasteiger partial charge in [-0.05, 0) is 38.7 Å². The number of halogens is 1. The van der Waals surface area contributed by atoms with Gasteiger partial charge in [0.2, 0.25) is 0 Å². The van der Waals surface area contributed by atoms with Crippen molar-refractivity contribution in [2.45, 2.75) is 46.0 Å². The Hall–Kier alpha value is -2.37. The third-order valence-corrected chi connectivity index (χ3v) is 6.55. The second-order valence-corrected chi connectivity index (χ2v) is 8.64. The van der Waals surface area contributed by atoms with E-state index in [0.29, 0.717) is 27.4 Å². The molecule has 0 aliphatic heterocycles. The molecule has 30 heavy (non-hydrogen) atoms. The van der Waals surface area contributed by atoms with Crippen molar-refractivity contribution in [3.05, 3.63) is 57.7 Å². The fraction of sp³-hybridized carbons (Fsp3) is 0.333. The van der Waals surface area contributed by atoms with E-state index < -0.39 is 0 Å². The summed E-state index contributed by atoms with van der Waals surface area (Å²) in [7, 11) is 1.63. The molecule has 0 amide bonds. The predicted molar refractivity (Wildman–Crippen MR) is 124 cm³/mol. The lowest BCUT2D eigenvalue weighted by Gasteiger charge is -2.29. The van der Waals surface area contributed by atoms with E-state index in [1.807, 2.05) is 48.7 Å². The van der Waals surface area contributed by atoms with Crippen molar-refractivity contribution in [3.8, 4) is 11.5 Å². The van der Waals surface area contributed by atoms with Crippen molar-refractivity contribution >= 4 is 45.7 Å². The van der Waals surface area contributed by atoms with Crippen LogP contribution < -0.4 is 9.47 Å². The van der Waals surface area contributed by atoms with Crippen molar-refractivity contribution in [1.29, 1.82) is 0 Å². The highest BCUT2D eigenvalue weighted by atomic mass is 35.5. The summed E-state index contributed by atoms with van der Waals surface area (Å²) in [5, 5.41) is 1.40. The van der Waals surface area contributed by atoms with Gasteiger partial charge >= 0.3 is 5.97 Å². The minimum Gasteiger partial charge on any atom is -0.495 e. The van der Waals surface area contributed by atoms with Crippen LogP contribution in [0.25, 0.3) is 10.9 Å². The van der Waals surface area contributed by atoms with Crippen molar-refractivity contribution in [1.82, 2.24) is 4.57 Å². The van der Waals surface area contributed by atoms with E-state index in [1.54, 1.807) is 7.11 Å². The minimum atomic E-state index is -0.369. The summed E-state index contributed by atoms with van der Waals surface area (Å²) in [6.45, 7) is 5.37. The second kappa shape index (κ2) is 8.05. The molecule has 0 spiro atoms. The Bertz CT molecular complexity index is 1160. The van der Waals surface area contributed by atoms with Gasteiger partial charge in [-0.1, -0.05) is 60.1 Å². The maximum Gasteiger partial charge on any atom is 0.308 e. The first kappa shape index (κ1) is 20.9. The summed E-state index contributed by atoms with van der Waals surface area (Å²) < 4.78 is 13.4. The van der Waals surface area contributed by atoms with E-state index in [0.717, 1.165) is 52.5 Å². The average Bonchev–Trinajstić information content (AvgIpc) is 2.91. The van der Waals surface area contributed by atoms with Gasteiger partial charge in [0.25, 0.3) is 0 Å². The lowest BCUT2D eigenvalue weighted by Crippen LogP contribution is -2.13. The zero-order valence-corrected chi connectivity index (χ0v) is 19.1. The van der Waals surface area contributed by atoms with Crippen LogP contribution in [0.3, 0.4) is 0 Å². The standard InChI is InChI=1S/C24H24ClNO3S/c1-13-8-10-17(11-9-13)24(30)26-14(2)22(29-15(3)27)21-19(26)12-18(25)23(28-4)20(21)16-6-5-7-16/h8-12,16H,5-7H2,1-4H3. The molecule has 4 rings (SSSR count). The molecule has 0 radical (unpaired) electrons. The second-order valence-electron chi connectivity index (χ2n) is 7.84. The molecule has 1 fully saturated rings. The Labute approximate surface area is 186 Å². The molecule has 3 aromatic rings. The normalized spacial score (nSPS) is 13.9. The molecule has 1 saturated carbocycles. The zero-order valence-electron chi connectivity index (χ0n) is 17.5. The van der Waals surface area contributed by atoms with Crippen LogP contribution in [0.2, 0.25) is 5.02 Å². The molecule has 1 heterocycles. The predicted octanol–water partition coefficient (Wildman–Crippen LogP) is 6.34. The van der Waals surface area contributed by atoms with Crippen LogP contribution in [-0.2, 0) is 4.79 Å². The molecule has 1 aliphatic rings. The van der Waals surface area contributed by atoms with Gasteiger partial charge in [0.05, 0.1) is 28.7 Å². The van der Waals surface area contributed by atoms with E-state index in [-0.39, 0.29) is 5.97 Å². The number of aryl methyl sites for hydroxylation is 1. The van der Waals surface area contributed by atoms with E-state index in [4.69, 9.17) is 33.3 Å². The molecule has 4 nitrogen and oxygen atoms in total. The SMILES string of the molecule is COc1c(Cl)cc2c(c(OC(C)=O)c(C)n2C(=S)c2ccc(C)cc2)c1C1CCC1. The number of thiocarbonyl (C=S) groups is 1. The van der Waals surface area contributed by atoms with Crippen LogP contribution in [-0.4, -0.2) is 22.6 Å². The summed E-state index contributed by atoms with van der Waals surface area (Å²) >= 11 is 12.5. The fourth-order valence-corrected chi connectivity index (χ4v) is 4.82. The third kappa shape index (κ3) is 3.40. The molecular weight excluding hydrogens is 418 g/mol. The number of aromatic nitrogens is 1. The number of carbonyl (C=O) groups excluding carboxylic acids is 1. The molecule has 0 bridgehead atoms. The Morgan fingerprint density at radius 3 is 2.37 bits per heavy atom. The van der Waals surface area contributed by atoms with Crippen LogP contribution >= 0.6 is 23.8 Å². The van der Waals surface area contributed by atoms with Crippen LogP contribution in [0.5, 0.6) is 11.5 Å². The summed E-state index contributed by atoms with van der Waals surface area (Å²) in [6, 6.07) is 9.94. The summed E-state index contributed by atoms with van der Waals surface area (Å²) in [5.74, 6) is 1.13. The number of fused-ring (bicyclic) bond motifs is 1. The number of hydrogen-bond donors (Lipinski definition) is 0. The quantitative estimate of drug-likeness (QED) is 0.350. The first-order chi connectivity index (χ1) is 14.3. The van der Waals surface area contributed by atoms with Gasteiger partial charge in [-0.3, -0.25) is 4.79 Å². The number of hydrogen-bond acceptors (Lipinski definition) is 4. The lowest BCUT2D eigenvalue weighted by molar-refractivity contribution is -0.131. The number of methoxy groups -OCH3 is 1. The van der Waals surface area contributed by atoms with Crippen molar-refractivity contribution in [2.24, 2.45) is 0 Å². The van der Waals surface area contributed by atoms with E-state index >= 15 is 0 Å². The number of esters is 1. The molecule has 0 atom stereocenters. The van der Waals surface area contributed by atoms with E-state index in [2.05, 4.69) is 0 Å². The highest BCUT2D eigenvalue weighted by Gasteiger charge is 2.32. The van der Waals surface area contributed by atoms with Crippen molar-refractivity contribution in [3.63, 3.8) is 0 Å². The summed E-state index contributed by atoms with van der Waals surface area (Å²) in [5.41, 5.74) is 4.70. The smallest absolute Gasteiger partial charge is 0.308 e. The molecule has 2 aromatic carbocycles. The van der Waals surface area contributed by atoms with Gasteiger partial charge in [-0.25, -0.2) is 0 Å². The first-order valence-corrected chi connectivity index (χ1v) is 10.8. The van der Waals surface area contributed by atoms with Crippen LogP contribution in [0.1, 0.15) is 54.5 Å². The van der Waals surface area contributed by atoms with Crippen LogP contribution in [0, 0.1) is 13.8 Å². The van der Waals surface area contributed by atoms with Gasteiger partial charge in [0.1, 0.15) is 10.7 Å². The maximum atomic E-state index is 12.0. The summed E-state index contributed by atoms with van der Waals surface area (Å²) in [6.07, 6.45) is 3.27. The molecule has 1 aliphatic carbocycles. The molecule has 0 saturated heterocycles. The topological polar surface area (TPSA) is 40.5 Å².